The van der Waals surface area contributed by atoms with Crippen LogP contribution >= 0.6 is 11.6 Å². The quantitative estimate of drug-likeness (QED) is 0.591. The molecule has 4 rings (SSSR count). The lowest BCUT2D eigenvalue weighted by Gasteiger charge is -2.32. The van der Waals surface area contributed by atoms with E-state index in [4.69, 9.17) is 11.6 Å². The Kier molecular flexibility index (Phi) is 5.99. The van der Waals surface area contributed by atoms with Crippen LogP contribution in [0.4, 0.5) is 13.2 Å². The molecule has 31 heavy (non-hydrogen) atoms. The van der Waals surface area contributed by atoms with E-state index >= 15 is 0 Å². The van der Waals surface area contributed by atoms with Gasteiger partial charge in [-0.2, -0.15) is 13.2 Å². The summed E-state index contributed by atoms with van der Waals surface area (Å²) < 4.78 is 40.6. The molecule has 0 radical (unpaired) electrons. The van der Waals surface area contributed by atoms with Crippen LogP contribution in [0.3, 0.4) is 0 Å². The van der Waals surface area contributed by atoms with E-state index in [9.17, 15) is 18.0 Å². The Morgan fingerprint density at radius 3 is 2.52 bits per heavy atom. The molecule has 2 aromatic carbocycles. The minimum Gasteiger partial charge on any atom is -0.348 e. The molecule has 2 heterocycles. The van der Waals surface area contributed by atoms with Crippen molar-refractivity contribution in [1.82, 2.24) is 14.8 Å². The van der Waals surface area contributed by atoms with Crippen molar-refractivity contribution in [3.8, 4) is 0 Å². The Balaban J connectivity index is 1.36. The first-order valence-electron chi connectivity index (χ1n) is 10.2. The van der Waals surface area contributed by atoms with Gasteiger partial charge in [0.2, 0.25) is 0 Å². The van der Waals surface area contributed by atoms with Gasteiger partial charge >= 0.3 is 6.18 Å². The maximum absolute atomic E-state index is 12.9. The predicted molar refractivity (Wildman–Crippen MR) is 115 cm³/mol. The molecule has 0 spiro atoms. The lowest BCUT2D eigenvalue weighted by atomic mass is 10.0. The van der Waals surface area contributed by atoms with Crippen LogP contribution in [-0.2, 0) is 19.8 Å². The van der Waals surface area contributed by atoms with Crippen molar-refractivity contribution in [3.63, 3.8) is 0 Å². The number of hydrogen-bond donors (Lipinski definition) is 1. The summed E-state index contributed by atoms with van der Waals surface area (Å²) in [5.74, 6) is -0.208. The van der Waals surface area contributed by atoms with E-state index in [1.54, 1.807) is 10.6 Å². The fraction of sp³-hybridized carbons (Fsp3) is 0.348. The maximum Gasteiger partial charge on any atom is 0.416 e. The summed E-state index contributed by atoms with van der Waals surface area (Å²) in [6.07, 6.45) is -2.88. The van der Waals surface area contributed by atoms with E-state index in [-0.39, 0.29) is 11.9 Å². The van der Waals surface area contributed by atoms with Crippen LogP contribution < -0.4 is 5.32 Å². The topological polar surface area (TPSA) is 37.3 Å². The smallest absolute Gasteiger partial charge is 0.348 e. The summed E-state index contributed by atoms with van der Waals surface area (Å²) in [6.45, 7) is 1.85. The van der Waals surface area contributed by atoms with Gasteiger partial charge in [0.25, 0.3) is 5.91 Å². The highest BCUT2D eigenvalue weighted by atomic mass is 35.5. The van der Waals surface area contributed by atoms with E-state index in [0.717, 1.165) is 29.8 Å². The molecule has 164 valence electrons. The molecule has 0 saturated carbocycles. The fourth-order valence-electron chi connectivity index (χ4n) is 4.19. The van der Waals surface area contributed by atoms with Crippen molar-refractivity contribution in [1.29, 1.82) is 0 Å². The Morgan fingerprint density at radius 2 is 1.84 bits per heavy atom. The fourth-order valence-corrected chi connectivity index (χ4v) is 4.56. The van der Waals surface area contributed by atoms with Crippen molar-refractivity contribution in [2.45, 2.75) is 31.6 Å². The number of nitrogens with one attached hydrogen (secondary N) is 1. The molecule has 1 aromatic heterocycles. The highest BCUT2D eigenvalue weighted by molar-refractivity contribution is 6.38. The van der Waals surface area contributed by atoms with E-state index in [2.05, 4.69) is 10.2 Å². The zero-order valence-electron chi connectivity index (χ0n) is 17.0. The van der Waals surface area contributed by atoms with Gasteiger partial charge in [0.1, 0.15) is 5.69 Å². The summed E-state index contributed by atoms with van der Waals surface area (Å²) in [5, 5.41) is 4.35. The zero-order chi connectivity index (χ0) is 22.2. The first kappa shape index (κ1) is 21.7. The molecule has 1 fully saturated rings. The number of halogens is 4. The number of hydrogen-bond acceptors (Lipinski definition) is 2. The van der Waals surface area contributed by atoms with Crippen LogP contribution in [-0.4, -0.2) is 34.5 Å². The number of piperidine rings is 1. The number of amides is 1. The van der Waals surface area contributed by atoms with Gasteiger partial charge in [0.05, 0.1) is 10.6 Å². The number of carbonyl (C=O) groups excluding carboxylic acids is 1. The van der Waals surface area contributed by atoms with Gasteiger partial charge in [-0.1, -0.05) is 48.0 Å². The van der Waals surface area contributed by atoms with E-state index < -0.39 is 11.7 Å². The highest BCUT2D eigenvalue weighted by Crippen LogP contribution is 2.31. The number of nitrogens with zero attached hydrogens (tertiary/aromatic N) is 2. The van der Waals surface area contributed by atoms with E-state index in [1.165, 1.54) is 12.1 Å². The van der Waals surface area contributed by atoms with Gasteiger partial charge in [-0.05, 0) is 30.5 Å². The number of benzene rings is 2. The molecule has 1 N–H and O–H groups in total. The van der Waals surface area contributed by atoms with Crippen molar-refractivity contribution < 1.29 is 18.0 Å². The van der Waals surface area contributed by atoms with Gasteiger partial charge in [-0.25, -0.2) is 0 Å². The summed E-state index contributed by atoms with van der Waals surface area (Å²) in [6, 6.07) is 13.0. The minimum absolute atomic E-state index is 0.000613. The van der Waals surface area contributed by atoms with Crippen LogP contribution in [0.5, 0.6) is 0 Å². The van der Waals surface area contributed by atoms with Crippen LogP contribution in [0.2, 0.25) is 5.02 Å². The number of aromatic nitrogens is 1. The maximum atomic E-state index is 12.9. The SMILES string of the molecule is Cn1c(C(=O)NC2CCN(Cc3cccc(C(F)(F)F)c3)CC2)c(Cl)c2ccccc21. The predicted octanol–water partition coefficient (Wildman–Crippen LogP) is 5.24. The average Bonchev–Trinajstić information content (AvgIpc) is 3.00. The second kappa shape index (κ2) is 8.55. The van der Waals surface area contributed by atoms with Crippen molar-refractivity contribution in [3.05, 3.63) is 70.4 Å². The van der Waals surface area contributed by atoms with Crippen molar-refractivity contribution >= 4 is 28.4 Å². The average molecular weight is 450 g/mol. The monoisotopic (exact) mass is 449 g/mol. The van der Waals surface area contributed by atoms with Gasteiger partial charge in [0.15, 0.2) is 0 Å². The lowest BCUT2D eigenvalue weighted by molar-refractivity contribution is -0.137. The van der Waals surface area contributed by atoms with Gasteiger partial charge in [0, 0.05) is 43.6 Å². The Hall–Kier alpha value is -2.51. The molecule has 0 atom stereocenters. The molecular weight excluding hydrogens is 427 g/mol. The van der Waals surface area contributed by atoms with Crippen LogP contribution in [0, 0.1) is 0 Å². The third kappa shape index (κ3) is 4.57. The first-order chi connectivity index (χ1) is 14.7. The second-order valence-electron chi connectivity index (χ2n) is 7.96. The minimum atomic E-state index is -4.34. The Bertz CT molecular complexity index is 1060. The summed E-state index contributed by atoms with van der Waals surface area (Å²) in [4.78, 5) is 15.0. The molecule has 4 nitrogen and oxygen atoms in total. The normalized spacial score (nSPS) is 16.0. The van der Waals surface area contributed by atoms with E-state index in [1.807, 2.05) is 31.3 Å². The summed E-state index contributed by atoms with van der Waals surface area (Å²) in [7, 11) is 1.82. The van der Waals surface area contributed by atoms with Crippen molar-refractivity contribution in [2.24, 2.45) is 7.05 Å². The number of carbonyl (C=O) groups is 1. The molecule has 0 bridgehead atoms. The molecule has 0 aliphatic carbocycles. The number of rotatable bonds is 4. The lowest BCUT2D eigenvalue weighted by Crippen LogP contribution is -2.44. The zero-order valence-corrected chi connectivity index (χ0v) is 17.8. The van der Waals surface area contributed by atoms with E-state index in [0.29, 0.717) is 35.9 Å². The number of aryl methyl sites for hydroxylation is 1. The van der Waals surface area contributed by atoms with Crippen LogP contribution in [0.25, 0.3) is 10.9 Å². The molecule has 3 aromatic rings. The standard InChI is InChI=1S/C23H23ClF3N3O/c1-29-19-8-3-2-7-18(19)20(24)21(29)22(31)28-17-9-11-30(12-10-17)14-15-5-4-6-16(13-15)23(25,26)27/h2-8,13,17H,9-12,14H2,1H3,(H,28,31). The summed E-state index contributed by atoms with van der Waals surface area (Å²) >= 11 is 6.46. The summed E-state index contributed by atoms with van der Waals surface area (Å²) in [5.41, 5.74) is 1.35. The molecule has 1 amide bonds. The molecule has 0 unspecified atom stereocenters. The second-order valence-corrected chi connectivity index (χ2v) is 8.34. The van der Waals surface area contributed by atoms with Gasteiger partial charge in [-0.3, -0.25) is 9.69 Å². The third-order valence-electron chi connectivity index (χ3n) is 5.84. The highest BCUT2D eigenvalue weighted by Gasteiger charge is 2.31. The number of alkyl halides is 3. The van der Waals surface area contributed by atoms with Gasteiger partial charge < -0.3 is 9.88 Å². The van der Waals surface area contributed by atoms with Crippen LogP contribution in [0.15, 0.2) is 48.5 Å². The van der Waals surface area contributed by atoms with Gasteiger partial charge in [-0.15, -0.1) is 0 Å². The third-order valence-corrected chi connectivity index (χ3v) is 6.23. The molecular formula is C23H23ClF3N3O. The molecule has 1 saturated heterocycles. The largest absolute Gasteiger partial charge is 0.416 e. The Morgan fingerprint density at radius 1 is 1.13 bits per heavy atom. The van der Waals surface area contributed by atoms with Crippen LogP contribution in [0.1, 0.15) is 34.5 Å². The molecule has 1 aliphatic heterocycles. The number of likely N-dealkylation sites (tertiary alicyclic amines) is 1. The Labute approximate surface area is 183 Å². The molecule has 8 heteroatoms. The number of para-hydroxylation sites is 1. The first-order valence-corrected chi connectivity index (χ1v) is 10.5. The molecule has 1 aliphatic rings. The number of fused-ring (bicyclic) bond motifs is 1. The van der Waals surface area contributed by atoms with Crippen molar-refractivity contribution in [2.75, 3.05) is 13.1 Å².